The first-order valence-electron chi connectivity index (χ1n) is 5.32. The molecule has 0 spiro atoms. The maximum absolute atomic E-state index is 11.6. The Morgan fingerprint density at radius 1 is 1.47 bits per heavy atom. The van der Waals surface area contributed by atoms with Gasteiger partial charge in [0.05, 0.1) is 12.0 Å². The van der Waals surface area contributed by atoms with Crippen molar-refractivity contribution in [2.45, 2.75) is 26.7 Å². The summed E-state index contributed by atoms with van der Waals surface area (Å²) in [7, 11) is 0. The molecule has 5 nitrogen and oxygen atoms in total. The SMILES string of the molecule is CCc1c(O)nc(Cc2nc(C)cs2)[nH]c1=O. The van der Waals surface area contributed by atoms with Crippen LogP contribution in [0.5, 0.6) is 5.88 Å². The van der Waals surface area contributed by atoms with E-state index in [4.69, 9.17) is 0 Å². The summed E-state index contributed by atoms with van der Waals surface area (Å²) in [5, 5.41) is 12.4. The molecule has 0 aliphatic heterocycles. The van der Waals surface area contributed by atoms with Crippen molar-refractivity contribution in [2.75, 3.05) is 0 Å². The third kappa shape index (κ3) is 2.52. The molecule has 0 aliphatic rings. The first-order chi connectivity index (χ1) is 8.10. The Morgan fingerprint density at radius 2 is 2.24 bits per heavy atom. The molecule has 2 aromatic rings. The maximum Gasteiger partial charge on any atom is 0.257 e. The van der Waals surface area contributed by atoms with Gasteiger partial charge in [-0.3, -0.25) is 4.79 Å². The molecular formula is C11H13N3O2S. The van der Waals surface area contributed by atoms with Gasteiger partial charge in [0.1, 0.15) is 10.8 Å². The number of hydrogen-bond acceptors (Lipinski definition) is 5. The van der Waals surface area contributed by atoms with E-state index in [1.54, 1.807) is 6.92 Å². The first-order valence-corrected chi connectivity index (χ1v) is 6.20. The Morgan fingerprint density at radius 3 is 2.76 bits per heavy atom. The molecule has 0 radical (unpaired) electrons. The summed E-state index contributed by atoms with van der Waals surface area (Å²) in [6.07, 6.45) is 0.899. The van der Waals surface area contributed by atoms with Gasteiger partial charge in [-0.2, -0.15) is 4.98 Å². The smallest absolute Gasteiger partial charge is 0.257 e. The van der Waals surface area contributed by atoms with Gasteiger partial charge in [-0.15, -0.1) is 11.3 Å². The van der Waals surface area contributed by atoms with Crippen molar-refractivity contribution in [3.8, 4) is 5.88 Å². The molecule has 0 amide bonds. The summed E-state index contributed by atoms with van der Waals surface area (Å²) in [4.78, 5) is 22.5. The largest absolute Gasteiger partial charge is 0.493 e. The molecule has 0 atom stereocenters. The zero-order chi connectivity index (χ0) is 12.4. The monoisotopic (exact) mass is 251 g/mol. The summed E-state index contributed by atoms with van der Waals surface area (Å²) >= 11 is 1.51. The normalized spacial score (nSPS) is 10.7. The zero-order valence-electron chi connectivity index (χ0n) is 9.65. The van der Waals surface area contributed by atoms with Crippen LogP contribution in [0.25, 0.3) is 0 Å². The van der Waals surface area contributed by atoms with Crippen LogP contribution in [0, 0.1) is 6.92 Å². The highest BCUT2D eigenvalue weighted by atomic mass is 32.1. The third-order valence-electron chi connectivity index (χ3n) is 2.38. The molecule has 6 heteroatoms. The minimum Gasteiger partial charge on any atom is -0.493 e. The number of aromatic hydroxyl groups is 1. The second-order valence-corrected chi connectivity index (χ2v) is 4.67. The van der Waals surface area contributed by atoms with Crippen LogP contribution in [-0.2, 0) is 12.8 Å². The number of aryl methyl sites for hydroxylation is 1. The van der Waals surface area contributed by atoms with Crippen LogP contribution in [0.2, 0.25) is 0 Å². The quantitative estimate of drug-likeness (QED) is 0.864. The molecule has 2 aromatic heterocycles. The summed E-state index contributed by atoms with van der Waals surface area (Å²) in [6, 6.07) is 0. The fraction of sp³-hybridized carbons (Fsp3) is 0.364. The van der Waals surface area contributed by atoms with Crippen LogP contribution in [0.3, 0.4) is 0 Å². The molecule has 0 unspecified atom stereocenters. The number of nitrogens with one attached hydrogen (secondary N) is 1. The number of rotatable bonds is 3. The summed E-state index contributed by atoms with van der Waals surface area (Å²) in [6.45, 7) is 3.71. The van der Waals surface area contributed by atoms with Crippen LogP contribution in [0.4, 0.5) is 0 Å². The van der Waals surface area contributed by atoms with Gasteiger partial charge in [-0.05, 0) is 13.3 Å². The van der Waals surface area contributed by atoms with E-state index < -0.39 is 0 Å². The minimum absolute atomic E-state index is 0.181. The average molecular weight is 251 g/mol. The maximum atomic E-state index is 11.6. The standard InChI is InChI=1S/C11H13N3O2S/c1-3-7-10(15)13-8(14-11(7)16)4-9-12-6(2)5-17-9/h5H,3-4H2,1-2H3,(H2,13,14,15,16). The fourth-order valence-electron chi connectivity index (χ4n) is 1.56. The Labute approximate surface area is 102 Å². The molecule has 0 fully saturated rings. The van der Waals surface area contributed by atoms with Crippen LogP contribution in [0.15, 0.2) is 10.2 Å². The lowest BCUT2D eigenvalue weighted by atomic mass is 10.2. The van der Waals surface area contributed by atoms with E-state index in [0.29, 0.717) is 24.2 Å². The van der Waals surface area contributed by atoms with E-state index in [1.807, 2.05) is 12.3 Å². The summed E-state index contributed by atoms with van der Waals surface area (Å²) in [5.41, 5.74) is 0.995. The van der Waals surface area contributed by atoms with Crippen molar-refractivity contribution in [3.63, 3.8) is 0 Å². The molecular weight excluding hydrogens is 238 g/mol. The average Bonchev–Trinajstić information content (AvgIpc) is 2.63. The number of H-pyrrole nitrogens is 1. The van der Waals surface area contributed by atoms with Gasteiger partial charge in [0.25, 0.3) is 5.56 Å². The summed E-state index contributed by atoms with van der Waals surface area (Å²) in [5.74, 6) is 0.263. The number of hydrogen-bond donors (Lipinski definition) is 2. The van der Waals surface area contributed by atoms with Crippen LogP contribution < -0.4 is 5.56 Å². The zero-order valence-corrected chi connectivity index (χ0v) is 10.5. The van der Waals surface area contributed by atoms with Gasteiger partial charge in [-0.1, -0.05) is 6.92 Å². The van der Waals surface area contributed by atoms with E-state index in [1.165, 1.54) is 11.3 Å². The predicted molar refractivity (Wildman–Crippen MR) is 65.6 cm³/mol. The number of nitrogens with zero attached hydrogens (tertiary/aromatic N) is 2. The van der Waals surface area contributed by atoms with Gasteiger partial charge in [0.15, 0.2) is 0 Å². The highest BCUT2D eigenvalue weighted by molar-refractivity contribution is 7.09. The van der Waals surface area contributed by atoms with Gasteiger partial charge in [0, 0.05) is 11.1 Å². The Hall–Kier alpha value is -1.69. The Kier molecular flexibility index (Phi) is 3.23. The van der Waals surface area contributed by atoms with E-state index in [9.17, 15) is 9.90 Å². The van der Waals surface area contributed by atoms with Crippen molar-refractivity contribution < 1.29 is 5.11 Å². The van der Waals surface area contributed by atoms with Crippen molar-refractivity contribution in [3.05, 3.63) is 37.8 Å². The predicted octanol–water partition coefficient (Wildman–Crippen LogP) is 1.39. The van der Waals surface area contributed by atoms with Gasteiger partial charge in [-0.25, -0.2) is 4.98 Å². The second kappa shape index (κ2) is 4.67. The third-order valence-corrected chi connectivity index (χ3v) is 3.35. The van der Waals surface area contributed by atoms with Crippen molar-refractivity contribution in [2.24, 2.45) is 0 Å². The molecule has 0 aliphatic carbocycles. The van der Waals surface area contributed by atoms with Crippen LogP contribution in [-0.4, -0.2) is 20.1 Å². The van der Waals surface area contributed by atoms with Crippen molar-refractivity contribution >= 4 is 11.3 Å². The van der Waals surface area contributed by atoms with Crippen molar-refractivity contribution in [1.29, 1.82) is 0 Å². The Balaban J connectivity index is 2.32. The second-order valence-electron chi connectivity index (χ2n) is 3.73. The molecule has 0 saturated carbocycles. The van der Waals surface area contributed by atoms with E-state index in [-0.39, 0.29) is 11.4 Å². The molecule has 2 heterocycles. The van der Waals surface area contributed by atoms with Crippen LogP contribution >= 0.6 is 11.3 Å². The van der Waals surface area contributed by atoms with Crippen molar-refractivity contribution in [1.82, 2.24) is 15.0 Å². The molecule has 0 aromatic carbocycles. The highest BCUT2D eigenvalue weighted by Gasteiger charge is 2.10. The lowest BCUT2D eigenvalue weighted by molar-refractivity contribution is 0.440. The number of aromatic amines is 1. The fourth-order valence-corrected chi connectivity index (χ4v) is 2.34. The minimum atomic E-state index is -0.275. The number of thiazole rings is 1. The van der Waals surface area contributed by atoms with E-state index in [0.717, 1.165) is 10.7 Å². The lowest BCUT2D eigenvalue weighted by Gasteiger charge is -2.02. The van der Waals surface area contributed by atoms with E-state index >= 15 is 0 Å². The van der Waals surface area contributed by atoms with Gasteiger partial charge < -0.3 is 10.1 Å². The first kappa shape index (κ1) is 11.8. The van der Waals surface area contributed by atoms with Gasteiger partial charge >= 0.3 is 0 Å². The summed E-state index contributed by atoms with van der Waals surface area (Å²) < 4.78 is 0. The lowest BCUT2D eigenvalue weighted by Crippen LogP contribution is -2.16. The Bertz CT molecular complexity index is 589. The van der Waals surface area contributed by atoms with Gasteiger partial charge in [0.2, 0.25) is 5.88 Å². The number of aromatic nitrogens is 3. The molecule has 0 bridgehead atoms. The van der Waals surface area contributed by atoms with Crippen LogP contribution in [0.1, 0.15) is 29.0 Å². The molecule has 0 saturated heterocycles. The molecule has 2 rings (SSSR count). The molecule has 2 N–H and O–H groups in total. The molecule has 17 heavy (non-hydrogen) atoms. The molecule has 90 valence electrons. The topological polar surface area (TPSA) is 78.9 Å². The highest BCUT2D eigenvalue weighted by Crippen LogP contribution is 2.14. The van der Waals surface area contributed by atoms with E-state index in [2.05, 4.69) is 15.0 Å².